The molecule has 0 aliphatic heterocycles. The second-order valence-corrected chi connectivity index (χ2v) is 5.35. The van der Waals surface area contributed by atoms with Gasteiger partial charge in [0.1, 0.15) is 6.33 Å². The largest absolute Gasteiger partial charge is 0.388 e. The van der Waals surface area contributed by atoms with Crippen LogP contribution in [0.3, 0.4) is 0 Å². The first-order chi connectivity index (χ1) is 10.1. The van der Waals surface area contributed by atoms with Crippen LogP contribution in [0.1, 0.15) is 39.0 Å². The normalized spacial score (nSPS) is 17.2. The molecule has 1 aromatic heterocycles. The summed E-state index contributed by atoms with van der Waals surface area (Å²) in [5, 5.41) is 27.4. The standard InChI is InChI=1S/C13H21N5O3/c1-2-14-11-10(18(20)21)12(17-9-16-11)15-8-13(19)6-4-3-5-7-13/h9,19H,2-8H2,1H3,(H2,14,15,16,17). The minimum absolute atomic E-state index is 0.143. The molecule has 0 spiro atoms. The van der Waals surface area contributed by atoms with Crippen molar-refractivity contribution in [1.82, 2.24) is 9.97 Å². The van der Waals surface area contributed by atoms with Crippen LogP contribution in [-0.4, -0.2) is 38.7 Å². The Balaban J connectivity index is 2.15. The molecule has 0 amide bonds. The summed E-state index contributed by atoms with van der Waals surface area (Å²) in [6, 6.07) is 0. The van der Waals surface area contributed by atoms with E-state index >= 15 is 0 Å². The van der Waals surface area contributed by atoms with E-state index in [4.69, 9.17) is 0 Å². The molecule has 1 heterocycles. The van der Waals surface area contributed by atoms with Gasteiger partial charge in [0.25, 0.3) is 0 Å². The lowest BCUT2D eigenvalue weighted by Gasteiger charge is -2.32. The monoisotopic (exact) mass is 295 g/mol. The molecule has 2 rings (SSSR count). The lowest BCUT2D eigenvalue weighted by molar-refractivity contribution is -0.383. The van der Waals surface area contributed by atoms with Crippen LogP contribution in [0.5, 0.6) is 0 Å². The van der Waals surface area contributed by atoms with Crippen LogP contribution in [0, 0.1) is 10.1 Å². The van der Waals surface area contributed by atoms with E-state index in [0.29, 0.717) is 19.4 Å². The number of hydrogen-bond acceptors (Lipinski definition) is 7. The van der Waals surface area contributed by atoms with Gasteiger partial charge in [0.05, 0.1) is 10.5 Å². The van der Waals surface area contributed by atoms with Crippen LogP contribution in [-0.2, 0) is 0 Å². The molecule has 8 nitrogen and oxygen atoms in total. The number of aromatic nitrogens is 2. The van der Waals surface area contributed by atoms with Gasteiger partial charge in [-0.1, -0.05) is 19.3 Å². The Labute approximate surface area is 123 Å². The Morgan fingerprint density at radius 3 is 2.48 bits per heavy atom. The van der Waals surface area contributed by atoms with Gasteiger partial charge in [0.15, 0.2) is 0 Å². The van der Waals surface area contributed by atoms with Crippen molar-refractivity contribution in [2.75, 3.05) is 23.7 Å². The van der Waals surface area contributed by atoms with E-state index in [1.807, 2.05) is 6.92 Å². The first-order valence-electron chi connectivity index (χ1n) is 7.25. The molecule has 21 heavy (non-hydrogen) atoms. The Hall–Kier alpha value is -1.96. The molecule has 0 aromatic carbocycles. The van der Waals surface area contributed by atoms with Crippen molar-refractivity contribution in [3.63, 3.8) is 0 Å². The Morgan fingerprint density at radius 1 is 1.29 bits per heavy atom. The summed E-state index contributed by atoms with van der Waals surface area (Å²) < 4.78 is 0. The third-order valence-electron chi connectivity index (χ3n) is 3.72. The molecule has 1 aromatic rings. The molecular weight excluding hydrogens is 274 g/mol. The number of nitro groups is 1. The van der Waals surface area contributed by atoms with Crippen LogP contribution < -0.4 is 10.6 Å². The fraction of sp³-hybridized carbons (Fsp3) is 0.692. The van der Waals surface area contributed by atoms with Gasteiger partial charge >= 0.3 is 5.69 Å². The van der Waals surface area contributed by atoms with Gasteiger partial charge in [-0.3, -0.25) is 10.1 Å². The van der Waals surface area contributed by atoms with E-state index in [1.54, 1.807) is 0 Å². The summed E-state index contributed by atoms with van der Waals surface area (Å²) in [5.41, 5.74) is -0.992. The molecule has 0 radical (unpaired) electrons. The summed E-state index contributed by atoms with van der Waals surface area (Å²) in [4.78, 5) is 18.6. The van der Waals surface area contributed by atoms with Crippen molar-refractivity contribution in [2.45, 2.75) is 44.6 Å². The summed E-state index contributed by atoms with van der Waals surface area (Å²) in [6.45, 7) is 2.63. The zero-order chi connectivity index (χ0) is 15.3. The zero-order valence-corrected chi connectivity index (χ0v) is 12.1. The molecule has 0 saturated heterocycles. The molecule has 0 atom stereocenters. The van der Waals surface area contributed by atoms with E-state index in [2.05, 4.69) is 20.6 Å². The average molecular weight is 295 g/mol. The number of hydrogen-bond donors (Lipinski definition) is 3. The summed E-state index contributed by atoms with van der Waals surface area (Å²) in [7, 11) is 0. The number of nitrogens with one attached hydrogen (secondary N) is 2. The van der Waals surface area contributed by atoms with Crippen molar-refractivity contribution in [2.24, 2.45) is 0 Å². The minimum atomic E-state index is -0.810. The summed E-state index contributed by atoms with van der Waals surface area (Å²) >= 11 is 0. The molecule has 1 aliphatic carbocycles. The van der Waals surface area contributed by atoms with Crippen molar-refractivity contribution in [3.8, 4) is 0 Å². The number of aliphatic hydroxyl groups is 1. The minimum Gasteiger partial charge on any atom is -0.388 e. The Morgan fingerprint density at radius 2 is 1.90 bits per heavy atom. The quantitative estimate of drug-likeness (QED) is 0.542. The van der Waals surface area contributed by atoms with E-state index < -0.39 is 10.5 Å². The van der Waals surface area contributed by atoms with E-state index in [9.17, 15) is 15.2 Å². The number of rotatable bonds is 6. The second kappa shape index (κ2) is 6.66. The van der Waals surface area contributed by atoms with Crippen LogP contribution in [0.25, 0.3) is 0 Å². The van der Waals surface area contributed by atoms with Gasteiger partial charge in [0.2, 0.25) is 11.6 Å². The molecule has 0 bridgehead atoms. The molecule has 116 valence electrons. The highest BCUT2D eigenvalue weighted by Gasteiger charge is 2.31. The fourth-order valence-corrected chi connectivity index (χ4v) is 2.61. The predicted molar refractivity (Wildman–Crippen MR) is 79.4 cm³/mol. The first-order valence-corrected chi connectivity index (χ1v) is 7.25. The lowest BCUT2D eigenvalue weighted by Crippen LogP contribution is -2.39. The van der Waals surface area contributed by atoms with E-state index in [0.717, 1.165) is 19.3 Å². The maximum Gasteiger partial charge on any atom is 0.353 e. The summed E-state index contributed by atoms with van der Waals surface area (Å²) in [6.07, 6.45) is 5.77. The highest BCUT2D eigenvalue weighted by molar-refractivity contribution is 5.69. The fourth-order valence-electron chi connectivity index (χ4n) is 2.61. The molecule has 1 fully saturated rings. The molecule has 3 N–H and O–H groups in total. The van der Waals surface area contributed by atoms with Crippen molar-refractivity contribution in [3.05, 3.63) is 16.4 Å². The number of anilines is 2. The van der Waals surface area contributed by atoms with Crippen molar-refractivity contribution >= 4 is 17.3 Å². The third kappa shape index (κ3) is 3.78. The van der Waals surface area contributed by atoms with E-state index in [-0.39, 0.29) is 23.9 Å². The van der Waals surface area contributed by atoms with Gasteiger partial charge in [-0.25, -0.2) is 9.97 Å². The predicted octanol–water partition coefficient (Wildman–Crippen LogP) is 1.92. The Bertz CT molecular complexity index is 503. The number of nitrogens with zero attached hydrogens (tertiary/aromatic N) is 3. The smallest absolute Gasteiger partial charge is 0.353 e. The molecule has 1 aliphatic rings. The maximum absolute atomic E-state index is 11.2. The van der Waals surface area contributed by atoms with Crippen LogP contribution >= 0.6 is 0 Å². The second-order valence-electron chi connectivity index (χ2n) is 5.35. The van der Waals surface area contributed by atoms with Gasteiger partial charge in [-0.05, 0) is 19.8 Å². The van der Waals surface area contributed by atoms with Crippen LogP contribution in [0.4, 0.5) is 17.3 Å². The van der Waals surface area contributed by atoms with Gasteiger partial charge in [-0.2, -0.15) is 0 Å². The van der Waals surface area contributed by atoms with Crippen molar-refractivity contribution in [1.29, 1.82) is 0 Å². The third-order valence-corrected chi connectivity index (χ3v) is 3.72. The first kappa shape index (κ1) is 15.4. The van der Waals surface area contributed by atoms with E-state index in [1.165, 1.54) is 6.33 Å². The topological polar surface area (TPSA) is 113 Å². The maximum atomic E-state index is 11.2. The zero-order valence-electron chi connectivity index (χ0n) is 12.1. The van der Waals surface area contributed by atoms with Crippen LogP contribution in [0.2, 0.25) is 0 Å². The lowest BCUT2D eigenvalue weighted by atomic mass is 9.85. The van der Waals surface area contributed by atoms with Gasteiger partial charge in [-0.15, -0.1) is 0 Å². The van der Waals surface area contributed by atoms with Gasteiger partial charge in [0, 0.05) is 13.1 Å². The van der Waals surface area contributed by atoms with Crippen molar-refractivity contribution < 1.29 is 10.0 Å². The molecular formula is C13H21N5O3. The van der Waals surface area contributed by atoms with Crippen LogP contribution in [0.15, 0.2) is 6.33 Å². The van der Waals surface area contributed by atoms with Gasteiger partial charge < -0.3 is 15.7 Å². The highest BCUT2D eigenvalue weighted by atomic mass is 16.6. The Kier molecular flexibility index (Phi) is 4.89. The average Bonchev–Trinajstić information content (AvgIpc) is 2.46. The SMILES string of the molecule is CCNc1ncnc(NCC2(O)CCCCC2)c1[N+](=O)[O-]. The molecule has 8 heteroatoms. The highest BCUT2D eigenvalue weighted by Crippen LogP contribution is 2.31. The molecule has 1 saturated carbocycles. The molecule has 0 unspecified atom stereocenters. The summed E-state index contributed by atoms with van der Waals surface area (Å²) in [5.74, 6) is 0.334.